The van der Waals surface area contributed by atoms with Crippen LogP contribution in [0.4, 0.5) is 5.69 Å². The first-order valence-corrected chi connectivity index (χ1v) is 7.83. The van der Waals surface area contributed by atoms with E-state index in [1.165, 1.54) is 0 Å². The summed E-state index contributed by atoms with van der Waals surface area (Å²) in [7, 11) is 1.68. The van der Waals surface area contributed by atoms with Gasteiger partial charge in [0.2, 0.25) is 17.7 Å². The Balaban J connectivity index is 1.76. The minimum absolute atomic E-state index is 0.0284. The predicted octanol–water partition coefficient (Wildman–Crippen LogP) is 1.57. The van der Waals surface area contributed by atoms with Crippen LogP contribution in [0.2, 0.25) is 5.02 Å². The number of nitrogens with one attached hydrogen (secondary N) is 2. The second kappa shape index (κ2) is 7.46. The summed E-state index contributed by atoms with van der Waals surface area (Å²) in [5, 5.41) is 6.06. The first kappa shape index (κ1) is 17.3. The Kier molecular flexibility index (Phi) is 5.60. The van der Waals surface area contributed by atoms with Gasteiger partial charge in [0.15, 0.2) is 0 Å². The number of likely N-dealkylation sites (tertiary alicyclic amines) is 1. The van der Waals surface area contributed by atoms with Gasteiger partial charge in [-0.05, 0) is 24.6 Å². The van der Waals surface area contributed by atoms with Gasteiger partial charge in [-0.15, -0.1) is 0 Å². The Labute approximate surface area is 140 Å². The van der Waals surface area contributed by atoms with Crippen LogP contribution in [0.25, 0.3) is 0 Å². The molecular formula is C16H20ClN3O3. The highest BCUT2D eigenvalue weighted by Gasteiger charge is 2.31. The van der Waals surface area contributed by atoms with Gasteiger partial charge in [0, 0.05) is 43.7 Å². The number of hydrogen-bond acceptors (Lipinski definition) is 3. The molecule has 1 atom stereocenters. The molecule has 1 fully saturated rings. The average Bonchev–Trinajstić information content (AvgIpc) is 2.83. The van der Waals surface area contributed by atoms with E-state index < -0.39 is 0 Å². The molecule has 7 heteroatoms. The molecule has 23 heavy (non-hydrogen) atoms. The highest BCUT2D eigenvalue weighted by molar-refractivity contribution is 6.31. The van der Waals surface area contributed by atoms with E-state index in [0.29, 0.717) is 17.3 Å². The number of nitrogens with zero attached hydrogens (tertiary/aromatic N) is 1. The number of hydrogen-bond donors (Lipinski definition) is 2. The predicted molar refractivity (Wildman–Crippen MR) is 88.2 cm³/mol. The SMILES string of the molecule is Cc1c(Cl)cccc1NC(=O)CCNC(=O)C1CC(=O)N(C)C1. The Morgan fingerprint density at radius 3 is 2.78 bits per heavy atom. The number of carbonyl (C=O) groups excluding carboxylic acids is 3. The quantitative estimate of drug-likeness (QED) is 0.856. The molecule has 6 nitrogen and oxygen atoms in total. The smallest absolute Gasteiger partial charge is 0.226 e. The van der Waals surface area contributed by atoms with Crippen LogP contribution in [0.15, 0.2) is 18.2 Å². The van der Waals surface area contributed by atoms with Crippen molar-refractivity contribution in [2.45, 2.75) is 19.8 Å². The number of anilines is 1. The van der Waals surface area contributed by atoms with Gasteiger partial charge >= 0.3 is 0 Å². The minimum Gasteiger partial charge on any atom is -0.355 e. The molecule has 1 aliphatic rings. The Morgan fingerprint density at radius 2 is 2.13 bits per heavy atom. The molecule has 124 valence electrons. The van der Waals surface area contributed by atoms with Gasteiger partial charge in [0.25, 0.3) is 0 Å². The number of carbonyl (C=O) groups is 3. The fourth-order valence-electron chi connectivity index (χ4n) is 2.44. The molecule has 0 saturated carbocycles. The van der Waals surface area contributed by atoms with Gasteiger partial charge < -0.3 is 15.5 Å². The van der Waals surface area contributed by atoms with E-state index in [2.05, 4.69) is 10.6 Å². The molecule has 1 aliphatic heterocycles. The van der Waals surface area contributed by atoms with Crippen molar-refractivity contribution in [3.8, 4) is 0 Å². The second-order valence-corrected chi connectivity index (χ2v) is 6.08. The van der Waals surface area contributed by atoms with Crippen LogP contribution >= 0.6 is 11.6 Å². The molecule has 1 unspecified atom stereocenters. The van der Waals surface area contributed by atoms with E-state index in [9.17, 15) is 14.4 Å². The van der Waals surface area contributed by atoms with Gasteiger partial charge in [-0.3, -0.25) is 14.4 Å². The van der Waals surface area contributed by atoms with Crippen molar-refractivity contribution in [3.63, 3.8) is 0 Å². The molecule has 0 bridgehead atoms. The molecule has 0 spiro atoms. The summed E-state index contributed by atoms with van der Waals surface area (Å²) in [6.07, 6.45) is 0.393. The lowest BCUT2D eigenvalue weighted by Gasteiger charge is -2.12. The van der Waals surface area contributed by atoms with Gasteiger partial charge in [0.05, 0.1) is 5.92 Å². The Morgan fingerprint density at radius 1 is 1.39 bits per heavy atom. The van der Waals surface area contributed by atoms with E-state index >= 15 is 0 Å². The van der Waals surface area contributed by atoms with Gasteiger partial charge in [-0.2, -0.15) is 0 Å². The van der Waals surface area contributed by atoms with E-state index in [1.54, 1.807) is 30.1 Å². The third kappa shape index (κ3) is 4.45. The molecule has 0 aliphatic carbocycles. The number of rotatable bonds is 5. The summed E-state index contributed by atoms with van der Waals surface area (Å²) in [5.74, 6) is -0.741. The van der Waals surface area contributed by atoms with Crippen LogP contribution in [0.3, 0.4) is 0 Å². The lowest BCUT2D eigenvalue weighted by molar-refractivity contribution is -0.128. The zero-order valence-electron chi connectivity index (χ0n) is 13.2. The van der Waals surface area contributed by atoms with Crippen LogP contribution in [0.5, 0.6) is 0 Å². The van der Waals surface area contributed by atoms with Crippen molar-refractivity contribution in [1.29, 1.82) is 0 Å². The number of halogens is 1. The van der Waals surface area contributed by atoms with Crippen molar-refractivity contribution in [2.24, 2.45) is 5.92 Å². The summed E-state index contributed by atoms with van der Waals surface area (Å²) in [6.45, 7) is 2.49. The average molecular weight is 338 g/mol. The molecular weight excluding hydrogens is 318 g/mol. The van der Waals surface area contributed by atoms with Crippen LogP contribution < -0.4 is 10.6 Å². The van der Waals surface area contributed by atoms with Crippen molar-refractivity contribution < 1.29 is 14.4 Å². The fourth-order valence-corrected chi connectivity index (χ4v) is 2.61. The van der Waals surface area contributed by atoms with Crippen LogP contribution in [-0.2, 0) is 14.4 Å². The molecule has 1 saturated heterocycles. The third-order valence-corrected chi connectivity index (χ3v) is 4.31. The molecule has 1 aromatic rings. The molecule has 0 radical (unpaired) electrons. The monoisotopic (exact) mass is 337 g/mol. The molecule has 0 aromatic heterocycles. The topological polar surface area (TPSA) is 78.5 Å². The third-order valence-electron chi connectivity index (χ3n) is 3.90. The van der Waals surface area contributed by atoms with E-state index in [1.807, 2.05) is 6.92 Å². The van der Waals surface area contributed by atoms with E-state index in [0.717, 1.165) is 5.56 Å². The normalized spacial score (nSPS) is 17.3. The van der Waals surface area contributed by atoms with Crippen LogP contribution in [-0.4, -0.2) is 42.8 Å². The summed E-state index contributed by atoms with van der Waals surface area (Å²) in [6, 6.07) is 5.30. The molecule has 2 N–H and O–H groups in total. The number of amides is 3. The van der Waals surface area contributed by atoms with E-state index in [-0.39, 0.29) is 43.0 Å². The highest BCUT2D eigenvalue weighted by Crippen LogP contribution is 2.23. The molecule has 1 heterocycles. The van der Waals surface area contributed by atoms with Crippen molar-refractivity contribution in [3.05, 3.63) is 28.8 Å². The maximum Gasteiger partial charge on any atom is 0.226 e. The van der Waals surface area contributed by atoms with Crippen LogP contribution in [0, 0.1) is 12.8 Å². The van der Waals surface area contributed by atoms with Gasteiger partial charge in [0.1, 0.15) is 0 Å². The lowest BCUT2D eigenvalue weighted by atomic mass is 10.1. The van der Waals surface area contributed by atoms with Crippen molar-refractivity contribution >= 4 is 35.0 Å². The summed E-state index contributed by atoms with van der Waals surface area (Å²) in [5.41, 5.74) is 1.47. The molecule has 3 amide bonds. The van der Waals surface area contributed by atoms with Crippen molar-refractivity contribution in [1.82, 2.24) is 10.2 Å². The Hall–Kier alpha value is -2.08. The maximum atomic E-state index is 11.9. The van der Waals surface area contributed by atoms with Crippen molar-refractivity contribution in [2.75, 3.05) is 25.5 Å². The zero-order valence-corrected chi connectivity index (χ0v) is 13.9. The summed E-state index contributed by atoms with van der Waals surface area (Å²) < 4.78 is 0. The first-order valence-electron chi connectivity index (χ1n) is 7.45. The second-order valence-electron chi connectivity index (χ2n) is 5.68. The summed E-state index contributed by atoms with van der Waals surface area (Å²) in [4.78, 5) is 36.8. The zero-order chi connectivity index (χ0) is 17.0. The molecule has 1 aromatic carbocycles. The largest absolute Gasteiger partial charge is 0.355 e. The van der Waals surface area contributed by atoms with Crippen LogP contribution in [0.1, 0.15) is 18.4 Å². The number of benzene rings is 1. The Bertz CT molecular complexity index is 633. The standard InChI is InChI=1S/C16H20ClN3O3/c1-10-12(17)4-3-5-13(10)19-14(21)6-7-18-16(23)11-8-15(22)20(2)9-11/h3-5,11H,6-9H2,1-2H3,(H,18,23)(H,19,21). The fraction of sp³-hybridized carbons (Fsp3) is 0.438. The molecule has 2 rings (SSSR count). The van der Waals surface area contributed by atoms with Gasteiger partial charge in [-0.1, -0.05) is 17.7 Å². The van der Waals surface area contributed by atoms with Gasteiger partial charge in [-0.25, -0.2) is 0 Å². The minimum atomic E-state index is -0.328. The summed E-state index contributed by atoms with van der Waals surface area (Å²) >= 11 is 6.00. The highest BCUT2D eigenvalue weighted by atomic mass is 35.5. The lowest BCUT2D eigenvalue weighted by Crippen LogP contribution is -2.34. The first-order chi connectivity index (χ1) is 10.9. The van der Waals surface area contributed by atoms with E-state index in [4.69, 9.17) is 11.6 Å². The maximum absolute atomic E-state index is 11.9.